The molecule has 0 saturated heterocycles. The summed E-state index contributed by atoms with van der Waals surface area (Å²) >= 11 is 1.30. The van der Waals surface area contributed by atoms with E-state index in [-0.39, 0.29) is 0 Å². The van der Waals surface area contributed by atoms with E-state index in [2.05, 4.69) is 15.8 Å². The molecule has 0 bridgehead atoms. The van der Waals surface area contributed by atoms with Crippen molar-refractivity contribution in [3.05, 3.63) is 11.6 Å². The average molecular weight is 85.1 g/mol. The van der Waals surface area contributed by atoms with Gasteiger partial charge in [0.2, 0.25) is 0 Å². The average Bonchev–Trinajstić information content (AvgIpc) is 1.76. The van der Waals surface area contributed by atoms with Gasteiger partial charge in [-0.2, -0.15) is 0 Å². The molecule has 3 heteroatoms. The lowest BCUT2D eigenvalue weighted by atomic mass is 11.1. The molecule has 1 rings (SSSR count). The van der Waals surface area contributed by atoms with Gasteiger partial charge in [-0.1, -0.05) is 4.52 Å². The van der Waals surface area contributed by atoms with Gasteiger partial charge < -0.3 is 0 Å². The first-order chi connectivity index (χ1) is 2.50. The maximum atomic E-state index is 3.46. The fraction of sp³-hybridized carbons (Fsp3) is 0. The van der Waals surface area contributed by atoms with Crippen molar-refractivity contribution >= 4 is 11.9 Å². The highest BCUT2D eigenvalue weighted by molar-refractivity contribution is 8.00. The van der Waals surface area contributed by atoms with Gasteiger partial charge in [-0.15, -0.1) is 0 Å². The highest BCUT2D eigenvalue weighted by atomic mass is 32.2. The van der Waals surface area contributed by atoms with Crippen LogP contribution in [0.2, 0.25) is 0 Å². The molecule has 1 heterocycles. The number of hydrogen-bond acceptors (Lipinski definition) is 3. The van der Waals surface area contributed by atoms with Gasteiger partial charge in [0.1, 0.15) is 5.11 Å². The smallest absolute Gasteiger partial charge is 0.0563 e. The maximum absolute atomic E-state index is 3.46. The molecule has 0 fully saturated rings. The van der Waals surface area contributed by atoms with Crippen molar-refractivity contribution in [2.75, 3.05) is 0 Å². The van der Waals surface area contributed by atoms with Gasteiger partial charge in [0.05, 0.1) is 11.9 Å². The van der Waals surface area contributed by atoms with Gasteiger partial charge >= 0.3 is 6.20 Å². The van der Waals surface area contributed by atoms with Gasteiger partial charge in [0.25, 0.3) is 5.41 Å². The third kappa shape index (κ3) is 0.436. The molecule has 24 valence electrons. The Labute approximate surface area is 34.1 Å². The van der Waals surface area contributed by atoms with Crippen LogP contribution in [0.25, 0.3) is 0 Å². The molecule has 5 heavy (non-hydrogen) atoms. The van der Waals surface area contributed by atoms with Crippen LogP contribution in [-0.4, -0.2) is 0 Å². The molecule has 0 aromatic heterocycles. The van der Waals surface area contributed by atoms with Gasteiger partial charge in [-0.05, 0) is 0 Å². The molecule has 0 atom stereocenters. The second-order valence-corrected chi connectivity index (χ2v) is 1.14. The third-order valence-corrected chi connectivity index (χ3v) is 0.638. The zero-order valence-corrected chi connectivity index (χ0v) is 3.20. The third-order valence-electron chi connectivity index (χ3n) is 0.251. The van der Waals surface area contributed by atoms with Crippen molar-refractivity contribution in [3.63, 3.8) is 0 Å². The standard InChI is InChI=1S/C2HN2S/c1-2-5-4-3-1/h2H/q+1. The first kappa shape index (κ1) is 2.82. The summed E-state index contributed by atoms with van der Waals surface area (Å²) in [7, 11) is 0. The van der Waals surface area contributed by atoms with Crippen molar-refractivity contribution < 1.29 is 0 Å². The van der Waals surface area contributed by atoms with Crippen molar-refractivity contribution in [1.82, 2.24) is 0 Å². The molecule has 0 aromatic rings. The lowest BCUT2D eigenvalue weighted by molar-refractivity contribution is 1.33. The van der Waals surface area contributed by atoms with Crippen LogP contribution in [0.5, 0.6) is 0 Å². The van der Waals surface area contributed by atoms with Crippen LogP contribution in [0.4, 0.5) is 0 Å². The van der Waals surface area contributed by atoms with Gasteiger partial charge in [-0.25, -0.2) is 0 Å². The fourth-order valence-electron chi connectivity index (χ4n) is 0.118. The first-order valence-electron chi connectivity index (χ1n) is 1.13. The van der Waals surface area contributed by atoms with E-state index in [4.69, 9.17) is 0 Å². The minimum atomic E-state index is 1.30. The number of rotatable bonds is 0. The molecule has 0 aromatic carbocycles. The second-order valence-electron chi connectivity index (χ2n) is 0.534. The summed E-state index contributed by atoms with van der Waals surface area (Å²) in [5.74, 6) is 0. The molecular formula is C2HN2S+. The Morgan fingerprint density at radius 3 is 3.00 bits per heavy atom. The quantitative estimate of drug-likeness (QED) is 0.322. The minimum absolute atomic E-state index is 1.30. The highest BCUT2D eigenvalue weighted by Crippen LogP contribution is 2.09. The van der Waals surface area contributed by atoms with Crippen molar-refractivity contribution in [1.29, 1.82) is 0 Å². The summed E-state index contributed by atoms with van der Waals surface area (Å²) in [4.78, 5) is 0. The molecule has 0 unspecified atom stereocenters. The summed E-state index contributed by atoms with van der Waals surface area (Å²) in [6.45, 7) is 0. The summed E-state index contributed by atoms with van der Waals surface area (Å²) < 4.78 is 3.46. The van der Waals surface area contributed by atoms with Gasteiger partial charge in [0.15, 0.2) is 0 Å². The summed E-state index contributed by atoms with van der Waals surface area (Å²) in [6.07, 6.45) is 2.52. The van der Waals surface area contributed by atoms with Crippen LogP contribution in [0.1, 0.15) is 0 Å². The Kier molecular flexibility index (Phi) is 0.648. The van der Waals surface area contributed by atoms with Crippen molar-refractivity contribution in [3.8, 4) is 0 Å². The van der Waals surface area contributed by atoms with Crippen molar-refractivity contribution in [2.24, 2.45) is 9.63 Å². The highest BCUT2D eigenvalue weighted by Gasteiger charge is 1.96. The van der Waals surface area contributed by atoms with E-state index in [0.29, 0.717) is 0 Å². The van der Waals surface area contributed by atoms with E-state index >= 15 is 0 Å². The van der Waals surface area contributed by atoms with E-state index in [1.165, 1.54) is 11.9 Å². The molecule has 0 radical (unpaired) electrons. The lowest BCUT2D eigenvalue weighted by Crippen LogP contribution is -1.23. The molecule has 1 aliphatic rings. The molecule has 0 amide bonds. The lowest BCUT2D eigenvalue weighted by Gasteiger charge is -1.44. The first-order valence-corrected chi connectivity index (χ1v) is 1.97. The van der Waals surface area contributed by atoms with Crippen LogP contribution >= 0.6 is 11.9 Å². The molecule has 0 saturated carbocycles. The Balaban J connectivity index is 2.61. The molecular weight excluding hydrogens is 84.1 g/mol. The van der Waals surface area contributed by atoms with E-state index in [9.17, 15) is 0 Å². The zero-order valence-electron chi connectivity index (χ0n) is 2.38. The van der Waals surface area contributed by atoms with E-state index in [0.717, 1.165) is 0 Å². The zero-order chi connectivity index (χ0) is 3.54. The summed E-state index contributed by atoms with van der Waals surface area (Å²) in [6, 6.07) is 0. The van der Waals surface area contributed by atoms with E-state index in [1.54, 1.807) is 5.41 Å². The predicted molar refractivity (Wildman–Crippen MR) is 20.3 cm³/mol. The maximum Gasteiger partial charge on any atom is 0.432 e. The molecule has 2 nitrogen and oxygen atoms in total. The summed E-state index contributed by atoms with van der Waals surface area (Å²) in [5.41, 5.74) is 0. The number of hydrogen-bond donors (Lipinski definition) is 0. The molecule has 1 aliphatic heterocycles. The Morgan fingerprint density at radius 1 is 1.80 bits per heavy atom. The van der Waals surface area contributed by atoms with Crippen LogP contribution in [0.3, 0.4) is 0 Å². The van der Waals surface area contributed by atoms with Crippen LogP contribution in [0.15, 0.2) is 15.0 Å². The Bertz CT molecular complexity index is 65.7. The Morgan fingerprint density at radius 2 is 2.80 bits per heavy atom. The van der Waals surface area contributed by atoms with Crippen molar-refractivity contribution in [2.45, 2.75) is 0 Å². The predicted octanol–water partition coefficient (Wildman–Crippen LogP) is 1.37. The van der Waals surface area contributed by atoms with Gasteiger partial charge in [-0.3, -0.25) is 0 Å². The monoisotopic (exact) mass is 85.0 g/mol. The van der Waals surface area contributed by atoms with Gasteiger partial charge in [0, 0.05) is 0 Å². The number of nitrogens with zero attached hydrogens (tertiary/aromatic N) is 2. The minimum Gasteiger partial charge on any atom is -0.0563 e. The fourth-order valence-corrected chi connectivity index (χ4v) is 0.354. The largest absolute Gasteiger partial charge is 0.432 e. The molecule has 0 aliphatic carbocycles. The SMILES string of the molecule is [C+]1=CSN=N1. The Hall–Kier alpha value is -0.400. The van der Waals surface area contributed by atoms with E-state index < -0.39 is 0 Å². The van der Waals surface area contributed by atoms with Crippen LogP contribution < -0.4 is 0 Å². The normalized spacial score (nSPS) is 16.0. The van der Waals surface area contributed by atoms with E-state index in [1.807, 2.05) is 0 Å². The molecule has 0 N–H and O–H groups in total. The summed E-state index contributed by atoms with van der Waals surface area (Å²) in [5, 5.41) is 5.06. The molecule has 0 spiro atoms. The second kappa shape index (κ2) is 1.15. The van der Waals surface area contributed by atoms with Crippen LogP contribution in [-0.2, 0) is 0 Å². The topological polar surface area (TPSA) is 24.7 Å². The van der Waals surface area contributed by atoms with Crippen LogP contribution in [0, 0.1) is 6.20 Å².